The Labute approximate surface area is 180 Å². The Bertz CT molecular complexity index is 793. The highest BCUT2D eigenvalue weighted by Crippen LogP contribution is 2.23. The van der Waals surface area contributed by atoms with E-state index in [2.05, 4.69) is 22.2 Å². The number of benzene rings is 1. The van der Waals surface area contributed by atoms with Crippen LogP contribution in [-0.4, -0.2) is 87.8 Å². The molecule has 0 unspecified atom stereocenters. The van der Waals surface area contributed by atoms with Crippen molar-refractivity contribution in [3.63, 3.8) is 0 Å². The van der Waals surface area contributed by atoms with Gasteiger partial charge in [0.15, 0.2) is 0 Å². The highest BCUT2D eigenvalue weighted by atomic mass is 35.5. The lowest BCUT2D eigenvalue weighted by Gasteiger charge is -2.32. The molecule has 1 heterocycles. The molecule has 1 fully saturated rings. The summed E-state index contributed by atoms with van der Waals surface area (Å²) in [4.78, 5) is 17.4. The zero-order valence-corrected chi connectivity index (χ0v) is 19.4. The number of hydrogen-bond donors (Lipinski definition) is 1. The smallest absolute Gasteiger partial charge is 0.252 e. The lowest BCUT2D eigenvalue weighted by molar-refractivity contribution is 0.0952. The number of rotatable bonds is 9. The van der Waals surface area contributed by atoms with Gasteiger partial charge in [0.2, 0.25) is 10.0 Å². The van der Waals surface area contributed by atoms with Gasteiger partial charge in [0, 0.05) is 45.8 Å². The quantitative estimate of drug-likeness (QED) is 0.590. The number of piperazine rings is 1. The van der Waals surface area contributed by atoms with Crippen LogP contribution >= 0.6 is 11.6 Å². The maximum atomic E-state index is 12.7. The predicted molar refractivity (Wildman–Crippen MR) is 117 cm³/mol. The Balaban J connectivity index is 1.88. The van der Waals surface area contributed by atoms with Gasteiger partial charge in [0.05, 0.1) is 15.5 Å². The zero-order chi connectivity index (χ0) is 21.6. The summed E-state index contributed by atoms with van der Waals surface area (Å²) in [5.74, 6) is -0.348. The van der Waals surface area contributed by atoms with Gasteiger partial charge in [-0.2, -0.15) is 4.31 Å². The average molecular weight is 445 g/mol. The summed E-state index contributed by atoms with van der Waals surface area (Å²) in [7, 11) is -0.0103. The van der Waals surface area contributed by atoms with Gasteiger partial charge < -0.3 is 15.1 Å². The Morgan fingerprint density at radius 2 is 1.86 bits per heavy atom. The minimum absolute atomic E-state index is 0.0679. The van der Waals surface area contributed by atoms with Gasteiger partial charge in [0.25, 0.3) is 5.91 Å². The van der Waals surface area contributed by atoms with Crippen molar-refractivity contribution in [3.05, 3.63) is 28.8 Å². The average Bonchev–Trinajstić information content (AvgIpc) is 2.68. The Morgan fingerprint density at radius 1 is 1.21 bits per heavy atom. The van der Waals surface area contributed by atoms with Gasteiger partial charge in [0.1, 0.15) is 0 Å². The van der Waals surface area contributed by atoms with E-state index in [0.717, 1.165) is 45.6 Å². The molecule has 1 saturated heterocycles. The predicted octanol–water partition coefficient (Wildman–Crippen LogP) is 2.13. The van der Waals surface area contributed by atoms with Crippen molar-refractivity contribution in [2.24, 2.45) is 0 Å². The van der Waals surface area contributed by atoms with Crippen LogP contribution in [0.1, 0.15) is 37.0 Å². The molecule has 164 valence electrons. The first kappa shape index (κ1) is 24.1. The van der Waals surface area contributed by atoms with Crippen molar-refractivity contribution in [1.29, 1.82) is 0 Å². The molecule has 1 aliphatic heterocycles. The number of carbonyl (C=O) groups is 1. The van der Waals surface area contributed by atoms with E-state index in [4.69, 9.17) is 11.6 Å². The van der Waals surface area contributed by atoms with Crippen LogP contribution in [0.25, 0.3) is 0 Å². The molecule has 1 N–H and O–H groups in total. The summed E-state index contributed by atoms with van der Waals surface area (Å²) >= 11 is 6.16. The topological polar surface area (TPSA) is 73.0 Å². The third kappa shape index (κ3) is 6.65. The molecule has 1 amide bonds. The molecule has 2 rings (SSSR count). The molecule has 0 saturated carbocycles. The molecule has 0 aromatic heterocycles. The fourth-order valence-corrected chi connectivity index (χ4v) is 4.71. The lowest BCUT2D eigenvalue weighted by Crippen LogP contribution is -2.44. The highest BCUT2D eigenvalue weighted by Gasteiger charge is 2.25. The molecule has 29 heavy (non-hydrogen) atoms. The van der Waals surface area contributed by atoms with Crippen LogP contribution in [-0.2, 0) is 10.0 Å². The van der Waals surface area contributed by atoms with Crippen LogP contribution in [0.2, 0.25) is 5.02 Å². The minimum Gasteiger partial charge on any atom is -0.352 e. The van der Waals surface area contributed by atoms with E-state index in [1.165, 1.54) is 29.6 Å². The van der Waals surface area contributed by atoms with Crippen LogP contribution in [0.4, 0.5) is 0 Å². The standard InChI is InChI=1S/C20H33ClN4O3S/c1-16(2)24(4)29(27,28)17-7-8-19(21)18(15-17)20(26)22-9-5-6-10-25-13-11-23(3)12-14-25/h7-8,15-16H,5-6,9-14H2,1-4H3,(H,22,26). The van der Waals surface area contributed by atoms with Gasteiger partial charge in [-0.05, 0) is 58.5 Å². The van der Waals surface area contributed by atoms with Gasteiger partial charge in [-0.25, -0.2) is 8.42 Å². The molecular weight excluding hydrogens is 412 g/mol. The number of nitrogens with zero attached hydrogens (tertiary/aromatic N) is 3. The number of nitrogens with one attached hydrogen (secondary N) is 1. The maximum absolute atomic E-state index is 12.7. The summed E-state index contributed by atoms with van der Waals surface area (Å²) in [6, 6.07) is 4.07. The van der Waals surface area contributed by atoms with E-state index in [0.29, 0.717) is 6.54 Å². The Kier molecular flexibility index (Phi) is 8.91. The molecule has 9 heteroatoms. The molecular formula is C20H33ClN4O3S. The van der Waals surface area contributed by atoms with Crippen molar-refractivity contribution in [1.82, 2.24) is 19.4 Å². The first-order valence-corrected chi connectivity index (χ1v) is 11.9. The van der Waals surface area contributed by atoms with Crippen molar-refractivity contribution in [2.75, 3.05) is 53.4 Å². The number of carbonyl (C=O) groups excluding carboxylic acids is 1. The van der Waals surface area contributed by atoms with Gasteiger partial charge in [-0.15, -0.1) is 0 Å². The van der Waals surface area contributed by atoms with Gasteiger partial charge in [-0.3, -0.25) is 4.79 Å². The summed E-state index contributed by atoms with van der Waals surface area (Å²) < 4.78 is 26.6. The van der Waals surface area contributed by atoms with Gasteiger partial charge >= 0.3 is 0 Å². The Morgan fingerprint density at radius 3 is 2.48 bits per heavy atom. The molecule has 0 bridgehead atoms. The van der Waals surface area contributed by atoms with E-state index in [-0.39, 0.29) is 27.4 Å². The molecule has 1 aliphatic rings. The zero-order valence-electron chi connectivity index (χ0n) is 17.8. The van der Waals surface area contributed by atoms with Crippen LogP contribution in [0.15, 0.2) is 23.1 Å². The molecule has 0 aliphatic carbocycles. The van der Waals surface area contributed by atoms with Crippen molar-refractivity contribution >= 4 is 27.5 Å². The first-order valence-electron chi connectivity index (χ1n) is 10.1. The molecule has 0 spiro atoms. The second kappa shape index (κ2) is 10.7. The van der Waals surface area contributed by atoms with Crippen LogP contribution in [0.5, 0.6) is 0 Å². The second-order valence-electron chi connectivity index (χ2n) is 7.86. The number of amides is 1. The fourth-order valence-electron chi connectivity index (χ4n) is 3.11. The molecule has 1 aromatic rings. The van der Waals surface area contributed by atoms with E-state index in [1.807, 2.05) is 0 Å². The molecule has 0 radical (unpaired) electrons. The molecule has 7 nitrogen and oxygen atoms in total. The monoisotopic (exact) mass is 444 g/mol. The second-order valence-corrected chi connectivity index (χ2v) is 10.3. The number of hydrogen-bond acceptors (Lipinski definition) is 5. The third-order valence-electron chi connectivity index (χ3n) is 5.37. The molecule has 1 aromatic carbocycles. The summed E-state index contributed by atoms with van der Waals surface area (Å²) in [5.41, 5.74) is 0.184. The van der Waals surface area contributed by atoms with E-state index in [1.54, 1.807) is 13.8 Å². The SMILES string of the molecule is CC(C)N(C)S(=O)(=O)c1ccc(Cl)c(C(=O)NCCCCN2CCN(C)CC2)c1. The van der Waals surface area contributed by atoms with Crippen LogP contribution in [0, 0.1) is 0 Å². The lowest BCUT2D eigenvalue weighted by atomic mass is 10.2. The van der Waals surface area contributed by atoms with E-state index < -0.39 is 10.0 Å². The van der Waals surface area contributed by atoms with Crippen LogP contribution < -0.4 is 5.32 Å². The number of halogens is 1. The van der Waals surface area contributed by atoms with Gasteiger partial charge in [-0.1, -0.05) is 11.6 Å². The largest absolute Gasteiger partial charge is 0.352 e. The number of likely N-dealkylation sites (N-methyl/N-ethyl adjacent to an activating group) is 1. The first-order chi connectivity index (χ1) is 13.6. The highest BCUT2D eigenvalue weighted by molar-refractivity contribution is 7.89. The maximum Gasteiger partial charge on any atom is 0.252 e. The van der Waals surface area contributed by atoms with Crippen molar-refractivity contribution in [3.8, 4) is 0 Å². The fraction of sp³-hybridized carbons (Fsp3) is 0.650. The number of sulfonamides is 1. The van der Waals surface area contributed by atoms with Crippen molar-refractivity contribution in [2.45, 2.75) is 37.6 Å². The van der Waals surface area contributed by atoms with E-state index >= 15 is 0 Å². The van der Waals surface area contributed by atoms with Crippen molar-refractivity contribution < 1.29 is 13.2 Å². The normalized spacial score (nSPS) is 16.5. The molecule has 0 atom stereocenters. The summed E-state index contributed by atoms with van der Waals surface area (Å²) in [5, 5.41) is 3.10. The van der Waals surface area contributed by atoms with Crippen LogP contribution in [0.3, 0.4) is 0 Å². The Hall–Kier alpha value is -1.19. The summed E-state index contributed by atoms with van der Waals surface area (Å²) in [6.45, 7) is 9.52. The summed E-state index contributed by atoms with van der Waals surface area (Å²) in [6.07, 6.45) is 1.87. The van der Waals surface area contributed by atoms with E-state index in [9.17, 15) is 13.2 Å². The third-order valence-corrected chi connectivity index (χ3v) is 7.73. The minimum atomic E-state index is -3.67. The number of unbranched alkanes of at least 4 members (excludes halogenated alkanes) is 1.